The summed E-state index contributed by atoms with van der Waals surface area (Å²) in [6.07, 6.45) is 5.56. The van der Waals surface area contributed by atoms with Crippen LogP contribution in [0.1, 0.15) is 24.0 Å². The SMILES string of the molecule is Cc1ccccc1Cn1cc(N2C(=O)C3CCCN3C2=S)cn1. The van der Waals surface area contributed by atoms with Gasteiger partial charge in [-0.05, 0) is 43.1 Å². The first-order valence-electron chi connectivity index (χ1n) is 7.86. The second kappa shape index (κ2) is 5.45. The van der Waals surface area contributed by atoms with Crippen molar-refractivity contribution in [3.8, 4) is 0 Å². The summed E-state index contributed by atoms with van der Waals surface area (Å²) in [4.78, 5) is 16.3. The van der Waals surface area contributed by atoms with Gasteiger partial charge in [0.25, 0.3) is 5.91 Å². The summed E-state index contributed by atoms with van der Waals surface area (Å²) in [5.74, 6) is 0.0861. The van der Waals surface area contributed by atoms with Crippen LogP contribution >= 0.6 is 12.2 Å². The van der Waals surface area contributed by atoms with Crippen molar-refractivity contribution >= 4 is 28.9 Å². The van der Waals surface area contributed by atoms with E-state index in [4.69, 9.17) is 12.2 Å². The zero-order valence-corrected chi connectivity index (χ0v) is 13.8. The molecule has 1 amide bonds. The fraction of sp³-hybridized carbons (Fsp3) is 0.353. The maximum atomic E-state index is 12.6. The number of benzene rings is 1. The number of hydrogen-bond acceptors (Lipinski definition) is 3. The summed E-state index contributed by atoms with van der Waals surface area (Å²) >= 11 is 5.49. The monoisotopic (exact) mass is 326 g/mol. The molecule has 6 heteroatoms. The Morgan fingerprint density at radius 1 is 1.35 bits per heavy atom. The summed E-state index contributed by atoms with van der Waals surface area (Å²) in [5.41, 5.74) is 3.22. The van der Waals surface area contributed by atoms with Crippen molar-refractivity contribution in [3.05, 3.63) is 47.8 Å². The number of thiocarbonyl (C=S) groups is 1. The third kappa shape index (κ3) is 2.34. The summed E-state index contributed by atoms with van der Waals surface area (Å²) < 4.78 is 1.86. The average Bonchev–Trinajstić information content (AvgIpc) is 3.22. The van der Waals surface area contributed by atoms with Crippen molar-refractivity contribution in [3.63, 3.8) is 0 Å². The molecule has 0 radical (unpaired) electrons. The number of amides is 1. The highest BCUT2D eigenvalue weighted by Crippen LogP contribution is 2.31. The van der Waals surface area contributed by atoms with Crippen molar-refractivity contribution in [1.29, 1.82) is 0 Å². The number of fused-ring (bicyclic) bond motifs is 1. The van der Waals surface area contributed by atoms with Crippen LogP contribution in [0, 0.1) is 6.92 Å². The van der Waals surface area contributed by atoms with Gasteiger partial charge in [-0.1, -0.05) is 24.3 Å². The smallest absolute Gasteiger partial charge is 0.256 e. The second-order valence-corrected chi connectivity index (χ2v) is 6.50. The lowest BCUT2D eigenvalue weighted by atomic mass is 10.1. The van der Waals surface area contributed by atoms with Crippen molar-refractivity contribution in [2.75, 3.05) is 11.4 Å². The maximum Gasteiger partial charge on any atom is 0.256 e. The molecule has 2 aliphatic heterocycles. The van der Waals surface area contributed by atoms with Crippen molar-refractivity contribution in [2.24, 2.45) is 0 Å². The van der Waals surface area contributed by atoms with E-state index in [0.29, 0.717) is 11.7 Å². The summed E-state index contributed by atoms with van der Waals surface area (Å²) in [7, 11) is 0. The Hall–Kier alpha value is -2.21. The first-order chi connectivity index (χ1) is 11.1. The van der Waals surface area contributed by atoms with Crippen LogP contribution in [0.2, 0.25) is 0 Å². The van der Waals surface area contributed by atoms with Gasteiger partial charge in [0, 0.05) is 12.7 Å². The Morgan fingerprint density at radius 2 is 2.17 bits per heavy atom. The Morgan fingerprint density at radius 3 is 2.96 bits per heavy atom. The molecule has 1 aromatic heterocycles. The van der Waals surface area contributed by atoms with Crippen molar-refractivity contribution in [2.45, 2.75) is 32.4 Å². The van der Waals surface area contributed by atoms with Crippen molar-refractivity contribution in [1.82, 2.24) is 14.7 Å². The van der Waals surface area contributed by atoms with Crippen LogP contribution in [0.3, 0.4) is 0 Å². The van der Waals surface area contributed by atoms with Gasteiger partial charge in [-0.2, -0.15) is 5.10 Å². The summed E-state index contributed by atoms with van der Waals surface area (Å²) in [6.45, 7) is 3.66. The Bertz CT molecular complexity index is 762. The van der Waals surface area contributed by atoms with Crippen LogP contribution in [0.25, 0.3) is 0 Å². The van der Waals surface area contributed by atoms with Gasteiger partial charge in [-0.3, -0.25) is 14.4 Å². The number of nitrogens with zero attached hydrogens (tertiary/aromatic N) is 4. The third-order valence-electron chi connectivity index (χ3n) is 4.67. The second-order valence-electron chi connectivity index (χ2n) is 6.13. The first-order valence-corrected chi connectivity index (χ1v) is 8.27. The lowest BCUT2D eigenvalue weighted by molar-refractivity contribution is -0.119. The van der Waals surface area contributed by atoms with E-state index in [1.54, 1.807) is 11.1 Å². The molecule has 2 fully saturated rings. The van der Waals surface area contributed by atoms with E-state index in [2.05, 4.69) is 24.2 Å². The van der Waals surface area contributed by atoms with E-state index in [9.17, 15) is 4.79 Å². The Balaban J connectivity index is 1.58. The van der Waals surface area contributed by atoms with E-state index in [0.717, 1.165) is 25.1 Å². The maximum absolute atomic E-state index is 12.6. The minimum atomic E-state index is -0.0674. The predicted molar refractivity (Wildman–Crippen MR) is 92.3 cm³/mol. The quantitative estimate of drug-likeness (QED) is 0.812. The number of anilines is 1. The van der Waals surface area contributed by atoms with Gasteiger partial charge < -0.3 is 4.90 Å². The molecular weight excluding hydrogens is 308 g/mol. The molecule has 1 aromatic carbocycles. The number of carbonyl (C=O) groups excluding carboxylic acids is 1. The number of hydrogen-bond donors (Lipinski definition) is 0. The van der Waals surface area contributed by atoms with Gasteiger partial charge in [0.05, 0.1) is 18.4 Å². The Kier molecular flexibility index (Phi) is 3.41. The normalized spacial score (nSPS) is 20.5. The van der Waals surface area contributed by atoms with Crippen LogP contribution in [0.5, 0.6) is 0 Å². The number of aryl methyl sites for hydroxylation is 1. The van der Waals surface area contributed by atoms with Crippen molar-refractivity contribution < 1.29 is 4.79 Å². The standard InChI is InChI=1S/C17H18N4OS/c1-12-5-2-3-6-13(12)10-19-11-14(9-18-19)21-16(22)15-7-4-8-20(15)17(21)23/h2-3,5-6,9,11,15H,4,7-8,10H2,1H3. The van der Waals surface area contributed by atoms with E-state index in [1.165, 1.54) is 11.1 Å². The molecule has 0 N–H and O–H groups in total. The molecule has 2 aromatic rings. The summed E-state index contributed by atoms with van der Waals surface area (Å²) in [5, 5.41) is 5.02. The molecule has 4 rings (SSSR count). The lowest BCUT2D eigenvalue weighted by Crippen LogP contribution is -2.32. The topological polar surface area (TPSA) is 41.4 Å². The van der Waals surface area contributed by atoms with Gasteiger partial charge in [0.1, 0.15) is 6.04 Å². The number of rotatable bonds is 3. The first kappa shape index (κ1) is 14.4. The van der Waals surface area contributed by atoms with Gasteiger partial charge in [-0.15, -0.1) is 0 Å². The molecule has 2 aliphatic rings. The molecule has 2 saturated heterocycles. The fourth-order valence-corrected chi connectivity index (χ4v) is 3.79. The molecule has 0 saturated carbocycles. The molecule has 0 bridgehead atoms. The minimum Gasteiger partial charge on any atom is -0.336 e. The molecule has 0 aliphatic carbocycles. The third-order valence-corrected chi connectivity index (χ3v) is 5.08. The van der Waals surface area contributed by atoms with E-state index in [-0.39, 0.29) is 11.9 Å². The van der Waals surface area contributed by atoms with Crippen LogP contribution in [-0.4, -0.2) is 38.3 Å². The summed E-state index contributed by atoms with van der Waals surface area (Å²) in [6, 6.07) is 8.18. The Labute approximate surface area is 140 Å². The highest BCUT2D eigenvalue weighted by atomic mass is 32.1. The van der Waals surface area contributed by atoms with E-state index < -0.39 is 0 Å². The molecule has 118 valence electrons. The molecule has 0 spiro atoms. The van der Waals surface area contributed by atoms with Gasteiger partial charge in [0.2, 0.25) is 0 Å². The molecule has 1 atom stereocenters. The average molecular weight is 326 g/mol. The van der Waals surface area contributed by atoms with Crippen LogP contribution in [-0.2, 0) is 11.3 Å². The molecule has 23 heavy (non-hydrogen) atoms. The fourth-order valence-electron chi connectivity index (χ4n) is 3.38. The molecule has 5 nitrogen and oxygen atoms in total. The lowest BCUT2D eigenvalue weighted by Gasteiger charge is -2.16. The minimum absolute atomic E-state index is 0.0674. The molecule has 3 heterocycles. The highest BCUT2D eigenvalue weighted by Gasteiger charge is 2.45. The zero-order valence-electron chi connectivity index (χ0n) is 13.0. The predicted octanol–water partition coefficient (Wildman–Crippen LogP) is 2.34. The van der Waals surface area contributed by atoms with Crippen LogP contribution in [0.15, 0.2) is 36.7 Å². The molecular formula is C17H18N4OS. The van der Waals surface area contributed by atoms with Crippen LogP contribution in [0.4, 0.5) is 5.69 Å². The van der Waals surface area contributed by atoms with Gasteiger partial charge >= 0.3 is 0 Å². The van der Waals surface area contributed by atoms with E-state index in [1.807, 2.05) is 27.9 Å². The largest absolute Gasteiger partial charge is 0.336 e. The van der Waals surface area contributed by atoms with Gasteiger partial charge in [-0.25, -0.2) is 0 Å². The van der Waals surface area contributed by atoms with E-state index >= 15 is 0 Å². The van der Waals surface area contributed by atoms with Gasteiger partial charge in [0.15, 0.2) is 5.11 Å². The van der Waals surface area contributed by atoms with Crippen LogP contribution < -0.4 is 4.90 Å². The number of carbonyl (C=O) groups is 1. The highest BCUT2D eigenvalue weighted by molar-refractivity contribution is 7.80. The zero-order chi connectivity index (χ0) is 16.0. The molecule has 1 unspecified atom stereocenters. The number of aromatic nitrogens is 2.